The monoisotopic (exact) mass is 330 g/mol. The van der Waals surface area contributed by atoms with Crippen molar-refractivity contribution >= 4 is 15.8 Å². The van der Waals surface area contributed by atoms with Crippen molar-refractivity contribution in [2.24, 2.45) is 0 Å². The number of anilines is 1. The van der Waals surface area contributed by atoms with Crippen molar-refractivity contribution < 1.29 is 8.42 Å². The number of aromatic nitrogens is 5. The Bertz CT molecular complexity index is 909. The van der Waals surface area contributed by atoms with Crippen LogP contribution in [0.5, 0.6) is 0 Å². The van der Waals surface area contributed by atoms with Gasteiger partial charge in [0.2, 0.25) is 10.0 Å². The van der Waals surface area contributed by atoms with Crippen LogP contribution in [-0.2, 0) is 15.8 Å². The predicted molar refractivity (Wildman–Crippen MR) is 84.4 cm³/mol. The standard InChI is InChI=1S/C14H14N6O2S/c1-11-3-2-4-12(5-11)7-23(21,22)19-13-6-14(17-9-16-13)20-10-15-8-18-20/h2-6,8-10H,7H2,1H3,(H,16,17,19). The Morgan fingerprint density at radius 2 is 2.04 bits per heavy atom. The lowest BCUT2D eigenvalue weighted by atomic mass is 10.2. The molecule has 1 aromatic carbocycles. The largest absolute Gasteiger partial charge is 0.267 e. The summed E-state index contributed by atoms with van der Waals surface area (Å²) in [7, 11) is -3.58. The van der Waals surface area contributed by atoms with Gasteiger partial charge in [0.15, 0.2) is 5.82 Å². The van der Waals surface area contributed by atoms with Gasteiger partial charge in [-0.25, -0.2) is 28.1 Å². The number of hydrogen-bond acceptors (Lipinski definition) is 6. The second-order valence-electron chi connectivity index (χ2n) is 4.95. The molecule has 3 rings (SSSR count). The molecule has 0 bridgehead atoms. The van der Waals surface area contributed by atoms with Crippen molar-refractivity contribution in [1.82, 2.24) is 24.7 Å². The molecule has 3 aromatic rings. The summed E-state index contributed by atoms with van der Waals surface area (Å²) in [5.41, 5.74) is 1.72. The summed E-state index contributed by atoms with van der Waals surface area (Å²) in [6.07, 6.45) is 4.10. The highest BCUT2D eigenvalue weighted by Gasteiger charge is 2.13. The molecule has 1 N–H and O–H groups in total. The van der Waals surface area contributed by atoms with Crippen LogP contribution in [0.1, 0.15) is 11.1 Å². The van der Waals surface area contributed by atoms with Crippen molar-refractivity contribution in [1.29, 1.82) is 0 Å². The number of hydrogen-bond donors (Lipinski definition) is 1. The van der Waals surface area contributed by atoms with E-state index in [1.807, 2.05) is 25.1 Å². The van der Waals surface area contributed by atoms with Crippen molar-refractivity contribution in [3.05, 3.63) is 60.4 Å². The second-order valence-corrected chi connectivity index (χ2v) is 6.67. The molecule has 0 aliphatic carbocycles. The number of benzene rings is 1. The van der Waals surface area contributed by atoms with Gasteiger partial charge in [-0.2, -0.15) is 5.10 Å². The summed E-state index contributed by atoms with van der Waals surface area (Å²) >= 11 is 0. The van der Waals surface area contributed by atoms with Gasteiger partial charge in [-0.15, -0.1) is 0 Å². The summed E-state index contributed by atoms with van der Waals surface area (Å²) in [5, 5.41) is 3.94. The Labute approximate surface area is 133 Å². The third-order valence-electron chi connectivity index (χ3n) is 3.01. The van der Waals surface area contributed by atoms with Gasteiger partial charge in [0, 0.05) is 6.07 Å². The van der Waals surface area contributed by atoms with Gasteiger partial charge in [-0.05, 0) is 12.5 Å². The molecule has 8 nitrogen and oxygen atoms in total. The molecular weight excluding hydrogens is 316 g/mol. The average Bonchev–Trinajstić information content (AvgIpc) is 3.00. The molecule has 23 heavy (non-hydrogen) atoms. The Kier molecular flexibility index (Phi) is 4.02. The minimum absolute atomic E-state index is 0.128. The number of rotatable bonds is 5. The maximum Gasteiger partial charge on any atom is 0.238 e. The predicted octanol–water partition coefficient (Wildman–Crippen LogP) is 1.31. The molecule has 0 radical (unpaired) electrons. The highest BCUT2D eigenvalue weighted by molar-refractivity contribution is 7.91. The minimum Gasteiger partial charge on any atom is -0.267 e. The smallest absolute Gasteiger partial charge is 0.238 e. The van der Waals surface area contributed by atoms with Gasteiger partial charge in [0.1, 0.15) is 24.8 Å². The van der Waals surface area contributed by atoms with Crippen LogP contribution in [0, 0.1) is 6.92 Å². The van der Waals surface area contributed by atoms with Crippen LogP contribution >= 0.6 is 0 Å². The molecule has 0 aliphatic heterocycles. The highest BCUT2D eigenvalue weighted by Crippen LogP contribution is 2.13. The van der Waals surface area contributed by atoms with E-state index in [-0.39, 0.29) is 11.6 Å². The van der Waals surface area contributed by atoms with Crippen molar-refractivity contribution in [2.75, 3.05) is 4.72 Å². The van der Waals surface area contributed by atoms with E-state index in [2.05, 4.69) is 24.8 Å². The van der Waals surface area contributed by atoms with Gasteiger partial charge in [0.05, 0.1) is 5.75 Å². The summed E-state index contributed by atoms with van der Waals surface area (Å²) in [6, 6.07) is 8.83. The molecule has 0 saturated carbocycles. The molecule has 0 spiro atoms. The quantitative estimate of drug-likeness (QED) is 0.756. The van der Waals surface area contributed by atoms with E-state index in [0.29, 0.717) is 11.4 Å². The van der Waals surface area contributed by atoms with E-state index in [0.717, 1.165) is 5.56 Å². The first-order valence-corrected chi connectivity index (χ1v) is 8.40. The normalized spacial score (nSPS) is 11.3. The van der Waals surface area contributed by atoms with Crippen LogP contribution in [0.2, 0.25) is 0 Å². The summed E-state index contributed by atoms with van der Waals surface area (Å²) in [5.74, 6) is 0.473. The molecule has 2 aromatic heterocycles. The Morgan fingerprint density at radius 1 is 1.17 bits per heavy atom. The Morgan fingerprint density at radius 3 is 2.78 bits per heavy atom. The highest BCUT2D eigenvalue weighted by atomic mass is 32.2. The van der Waals surface area contributed by atoms with Crippen molar-refractivity contribution in [3.63, 3.8) is 0 Å². The average molecular weight is 330 g/mol. The number of nitrogens with one attached hydrogen (secondary N) is 1. The lowest BCUT2D eigenvalue weighted by molar-refractivity contribution is 0.600. The first kappa shape index (κ1) is 15.1. The van der Waals surface area contributed by atoms with Crippen LogP contribution in [0.4, 0.5) is 5.82 Å². The Hall–Kier alpha value is -2.81. The second kappa shape index (κ2) is 6.13. The zero-order valence-corrected chi connectivity index (χ0v) is 13.1. The van der Waals surface area contributed by atoms with E-state index in [1.165, 1.54) is 29.7 Å². The molecule has 118 valence electrons. The molecule has 0 fully saturated rings. The molecule has 0 unspecified atom stereocenters. The van der Waals surface area contributed by atoms with Gasteiger partial charge < -0.3 is 0 Å². The molecule has 0 saturated heterocycles. The fourth-order valence-electron chi connectivity index (χ4n) is 2.07. The number of nitrogens with zero attached hydrogens (tertiary/aromatic N) is 5. The lowest BCUT2D eigenvalue weighted by Crippen LogP contribution is -2.16. The van der Waals surface area contributed by atoms with Crippen LogP contribution in [-0.4, -0.2) is 33.2 Å². The third kappa shape index (κ3) is 3.89. The fourth-order valence-corrected chi connectivity index (χ4v) is 3.19. The minimum atomic E-state index is -3.58. The van der Waals surface area contributed by atoms with Crippen LogP contribution in [0.3, 0.4) is 0 Å². The van der Waals surface area contributed by atoms with Gasteiger partial charge >= 0.3 is 0 Å². The Balaban J connectivity index is 1.79. The molecule has 0 aliphatic rings. The maximum absolute atomic E-state index is 12.3. The fraction of sp³-hybridized carbons (Fsp3) is 0.143. The van der Waals surface area contributed by atoms with Crippen LogP contribution < -0.4 is 4.72 Å². The van der Waals surface area contributed by atoms with E-state index in [4.69, 9.17) is 0 Å². The van der Waals surface area contributed by atoms with E-state index >= 15 is 0 Å². The van der Waals surface area contributed by atoms with Gasteiger partial charge in [-0.1, -0.05) is 29.8 Å². The third-order valence-corrected chi connectivity index (χ3v) is 4.24. The van der Waals surface area contributed by atoms with Crippen LogP contribution in [0.25, 0.3) is 5.82 Å². The van der Waals surface area contributed by atoms with Crippen LogP contribution in [0.15, 0.2) is 49.3 Å². The topological polar surface area (TPSA) is 103 Å². The molecule has 2 heterocycles. The van der Waals surface area contributed by atoms with Gasteiger partial charge in [-0.3, -0.25) is 4.72 Å². The number of aryl methyl sites for hydroxylation is 1. The molecular formula is C14H14N6O2S. The van der Waals surface area contributed by atoms with E-state index in [9.17, 15) is 8.42 Å². The first-order valence-electron chi connectivity index (χ1n) is 6.75. The van der Waals surface area contributed by atoms with Crippen molar-refractivity contribution in [3.8, 4) is 5.82 Å². The van der Waals surface area contributed by atoms with E-state index < -0.39 is 10.0 Å². The molecule has 9 heteroatoms. The molecule has 0 amide bonds. The van der Waals surface area contributed by atoms with Crippen molar-refractivity contribution in [2.45, 2.75) is 12.7 Å². The van der Waals surface area contributed by atoms with Gasteiger partial charge in [0.25, 0.3) is 0 Å². The van der Waals surface area contributed by atoms with E-state index in [1.54, 1.807) is 6.07 Å². The zero-order valence-electron chi connectivity index (χ0n) is 12.3. The lowest BCUT2D eigenvalue weighted by Gasteiger charge is -2.08. The first-order chi connectivity index (χ1) is 11.0. The summed E-state index contributed by atoms with van der Waals surface area (Å²) in [6.45, 7) is 1.92. The number of sulfonamides is 1. The summed E-state index contributed by atoms with van der Waals surface area (Å²) in [4.78, 5) is 11.8. The SMILES string of the molecule is Cc1cccc(CS(=O)(=O)Nc2cc(-n3cncn3)ncn2)c1. The molecule has 0 atom stereocenters. The maximum atomic E-state index is 12.3. The summed E-state index contributed by atoms with van der Waals surface area (Å²) < 4.78 is 28.4. The zero-order chi connectivity index (χ0) is 16.3.